The van der Waals surface area contributed by atoms with Gasteiger partial charge in [-0.25, -0.2) is 0 Å². The zero-order valence-electron chi connectivity index (χ0n) is 11.7. The van der Waals surface area contributed by atoms with Gasteiger partial charge in [-0.3, -0.25) is 4.79 Å². The molecule has 1 unspecified atom stereocenters. The maximum Gasteiger partial charge on any atom is 0.232 e. The molecular weight excluding hydrogens is 246 g/mol. The molecule has 104 valence electrons. The second kappa shape index (κ2) is 7.19. The molecule has 0 aromatic rings. The second-order valence-electron chi connectivity index (χ2n) is 5.50. The van der Waals surface area contributed by atoms with Crippen LogP contribution in [0.25, 0.3) is 0 Å². The fraction of sp³-hybridized carbons (Fsp3) is 0.786. The summed E-state index contributed by atoms with van der Waals surface area (Å²) in [7, 11) is 0. The maximum atomic E-state index is 11.9. The molecule has 1 aliphatic heterocycles. The minimum absolute atomic E-state index is 0.121. The van der Waals surface area contributed by atoms with Crippen LogP contribution in [0.5, 0.6) is 0 Å². The van der Waals surface area contributed by atoms with Crippen LogP contribution in [0.1, 0.15) is 33.1 Å². The summed E-state index contributed by atoms with van der Waals surface area (Å²) in [4.78, 5) is 13.9. The molecule has 18 heavy (non-hydrogen) atoms. The third-order valence-corrected chi connectivity index (χ3v) is 4.10. The van der Waals surface area contributed by atoms with E-state index in [1.807, 2.05) is 11.2 Å². The van der Waals surface area contributed by atoms with E-state index in [0.717, 1.165) is 25.8 Å². The molecular formula is C14H25NO2S. The molecule has 4 heteroatoms. The molecule has 1 atom stereocenters. The minimum Gasteiger partial charge on any atom is -0.396 e. The average Bonchev–Trinajstić information content (AvgIpc) is 2.37. The zero-order chi connectivity index (χ0) is 13.6. The molecule has 1 aliphatic rings. The van der Waals surface area contributed by atoms with Crippen molar-refractivity contribution in [2.45, 2.75) is 33.1 Å². The fourth-order valence-electron chi connectivity index (χ4n) is 2.42. The SMILES string of the molecule is CSCC(=O)N1CCCC(CO)(CC=C(C)C)C1. The van der Waals surface area contributed by atoms with Crippen LogP contribution in [0, 0.1) is 5.41 Å². The Hall–Kier alpha value is -0.480. The average molecular weight is 271 g/mol. The number of piperidine rings is 1. The van der Waals surface area contributed by atoms with Crippen molar-refractivity contribution >= 4 is 17.7 Å². The number of nitrogens with zero attached hydrogens (tertiary/aromatic N) is 1. The van der Waals surface area contributed by atoms with Crippen LogP contribution >= 0.6 is 11.8 Å². The van der Waals surface area contributed by atoms with Crippen molar-refractivity contribution in [2.24, 2.45) is 5.41 Å². The Kier molecular flexibility index (Phi) is 6.22. The van der Waals surface area contributed by atoms with Crippen molar-refractivity contribution in [3.05, 3.63) is 11.6 Å². The van der Waals surface area contributed by atoms with E-state index in [2.05, 4.69) is 19.9 Å². The Morgan fingerprint density at radius 1 is 1.50 bits per heavy atom. The molecule has 0 aliphatic carbocycles. The Morgan fingerprint density at radius 3 is 2.78 bits per heavy atom. The topological polar surface area (TPSA) is 40.5 Å². The summed E-state index contributed by atoms with van der Waals surface area (Å²) in [5.41, 5.74) is 1.15. The number of aliphatic hydroxyl groups excluding tert-OH is 1. The molecule has 0 spiro atoms. The van der Waals surface area contributed by atoms with Gasteiger partial charge in [0.05, 0.1) is 12.4 Å². The summed E-state index contributed by atoms with van der Waals surface area (Å²) >= 11 is 1.56. The summed E-state index contributed by atoms with van der Waals surface area (Å²) in [5.74, 6) is 0.752. The van der Waals surface area contributed by atoms with Crippen LogP contribution < -0.4 is 0 Å². The number of thioether (sulfide) groups is 1. The lowest BCUT2D eigenvalue weighted by Gasteiger charge is -2.41. The monoisotopic (exact) mass is 271 g/mol. The summed E-state index contributed by atoms with van der Waals surface area (Å²) in [5, 5.41) is 9.71. The van der Waals surface area contributed by atoms with E-state index >= 15 is 0 Å². The van der Waals surface area contributed by atoms with Crippen molar-refractivity contribution in [1.29, 1.82) is 0 Å². The van der Waals surface area contributed by atoms with Gasteiger partial charge >= 0.3 is 0 Å². The van der Waals surface area contributed by atoms with Gasteiger partial charge in [0, 0.05) is 18.5 Å². The third kappa shape index (κ3) is 4.32. The van der Waals surface area contributed by atoms with Crippen molar-refractivity contribution in [2.75, 3.05) is 31.7 Å². The number of hydrogen-bond acceptors (Lipinski definition) is 3. The largest absolute Gasteiger partial charge is 0.396 e. The number of amides is 1. The number of aliphatic hydroxyl groups is 1. The van der Waals surface area contributed by atoms with E-state index in [9.17, 15) is 9.90 Å². The van der Waals surface area contributed by atoms with Gasteiger partial charge in [-0.2, -0.15) is 11.8 Å². The van der Waals surface area contributed by atoms with Crippen LogP contribution in [0.15, 0.2) is 11.6 Å². The summed E-state index contributed by atoms with van der Waals surface area (Å²) in [6.07, 6.45) is 7.01. The first-order valence-electron chi connectivity index (χ1n) is 6.54. The predicted molar refractivity (Wildman–Crippen MR) is 77.8 cm³/mol. The van der Waals surface area contributed by atoms with E-state index in [0.29, 0.717) is 12.3 Å². The van der Waals surface area contributed by atoms with Gasteiger partial charge < -0.3 is 10.0 Å². The van der Waals surface area contributed by atoms with Gasteiger partial charge in [-0.15, -0.1) is 0 Å². The van der Waals surface area contributed by atoms with Crippen LogP contribution in [0.3, 0.4) is 0 Å². The van der Waals surface area contributed by atoms with Gasteiger partial charge in [-0.1, -0.05) is 11.6 Å². The van der Waals surface area contributed by atoms with E-state index in [4.69, 9.17) is 0 Å². The van der Waals surface area contributed by atoms with Crippen molar-refractivity contribution in [3.63, 3.8) is 0 Å². The van der Waals surface area contributed by atoms with Crippen molar-refractivity contribution < 1.29 is 9.90 Å². The first-order chi connectivity index (χ1) is 8.53. The van der Waals surface area contributed by atoms with Crippen LogP contribution in [-0.4, -0.2) is 47.6 Å². The Bertz CT molecular complexity index is 313. The van der Waals surface area contributed by atoms with Gasteiger partial charge in [0.25, 0.3) is 0 Å². The molecule has 0 bridgehead atoms. The van der Waals surface area contributed by atoms with Gasteiger partial charge in [0.1, 0.15) is 0 Å². The van der Waals surface area contributed by atoms with E-state index in [1.54, 1.807) is 11.8 Å². The maximum absolute atomic E-state index is 11.9. The standard InChI is InChI=1S/C14H25NO2S/c1-12(2)5-7-14(11-16)6-4-8-15(10-14)13(17)9-18-3/h5,16H,4,6-11H2,1-3H3. The lowest BCUT2D eigenvalue weighted by molar-refractivity contribution is -0.132. The minimum atomic E-state index is -0.121. The highest BCUT2D eigenvalue weighted by Gasteiger charge is 2.35. The van der Waals surface area contributed by atoms with Gasteiger partial charge in [0.2, 0.25) is 5.91 Å². The molecule has 0 saturated carbocycles. The third-order valence-electron chi connectivity index (χ3n) is 3.56. The van der Waals surface area contributed by atoms with E-state index in [-0.39, 0.29) is 17.9 Å². The normalized spacial score (nSPS) is 23.9. The summed E-state index contributed by atoms with van der Waals surface area (Å²) in [6, 6.07) is 0. The van der Waals surface area contributed by atoms with Gasteiger partial charge in [-0.05, 0) is 39.4 Å². The highest BCUT2D eigenvalue weighted by atomic mass is 32.2. The molecule has 0 radical (unpaired) electrons. The predicted octanol–water partition coefficient (Wildman–Crippen LogP) is 2.31. The zero-order valence-corrected chi connectivity index (χ0v) is 12.6. The van der Waals surface area contributed by atoms with Gasteiger partial charge in [0.15, 0.2) is 0 Å². The van der Waals surface area contributed by atoms with E-state index in [1.165, 1.54) is 5.57 Å². The fourth-order valence-corrected chi connectivity index (χ4v) is 2.85. The Labute approximate surface area is 115 Å². The lowest BCUT2D eigenvalue weighted by atomic mass is 9.77. The number of hydrogen-bond donors (Lipinski definition) is 1. The molecule has 1 amide bonds. The quantitative estimate of drug-likeness (QED) is 0.780. The molecule has 1 heterocycles. The Balaban J connectivity index is 2.69. The molecule has 0 aromatic carbocycles. The Morgan fingerprint density at radius 2 is 2.22 bits per heavy atom. The number of likely N-dealkylation sites (tertiary alicyclic amines) is 1. The van der Waals surface area contributed by atoms with Crippen molar-refractivity contribution in [3.8, 4) is 0 Å². The molecule has 1 N–H and O–H groups in total. The highest BCUT2D eigenvalue weighted by Crippen LogP contribution is 2.34. The number of carbonyl (C=O) groups excluding carboxylic acids is 1. The van der Waals surface area contributed by atoms with E-state index < -0.39 is 0 Å². The molecule has 1 rings (SSSR count). The molecule has 3 nitrogen and oxygen atoms in total. The first-order valence-corrected chi connectivity index (χ1v) is 7.93. The summed E-state index contributed by atoms with van der Waals surface area (Å²) in [6.45, 7) is 5.86. The second-order valence-corrected chi connectivity index (χ2v) is 6.36. The molecule has 1 saturated heterocycles. The van der Waals surface area contributed by atoms with Crippen LogP contribution in [-0.2, 0) is 4.79 Å². The number of rotatable bonds is 5. The number of allylic oxidation sites excluding steroid dienone is 2. The molecule has 1 fully saturated rings. The first kappa shape index (κ1) is 15.6. The number of carbonyl (C=O) groups is 1. The molecule has 0 aromatic heterocycles. The highest BCUT2D eigenvalue weighted by molar-refractivity contribution is 7.99. The summed E-state index contributed by atoms with van der Waals surface area (Å²) < 4.78 is 0. The van der Waals surface area contributed by atoms with Crippen LogP contribution in [0.4, 0.5) is 0 Å². The smallest absolute Gasteiger partial charge is 0.232 e. The van der Waals surface area contributed by atoms with Crippen LogP contribution in [0.2, 0.25) is 0 Å². The lowest BCUT2D eigenvalue weighted by Crippen LogP contribution is -2.48. The van der Waals surface area contributed by atoms with Crippen molar-refractivity contribution in [1.82, 2.24) is 4.90 Å².